The van der Waals surface area contributed by atoms with E-state index in [1.54, 1.807) is 19.1 Å². The Bertz CT molecular complexity index is 718. The molecule has 8 nitrogen and oxygen atoms in total. The molecular formula is C20H28N4O4. The van der Waals surface area contributed by atoms with Crippen molar-refractivity contribution in [1.82, 2.24) is 10.6 Å². The van der Waals surface area contributed by atoms with Gasteiger partial charge < -0.3 is 15.4 Å². The van der Waals surface area contributed by atoms with Crippen molar-refractivity contribution < 1.29 is 19.1 Å². The SMILES string of the molecule is CCOC(=O)N[C@@H](CNC(=O)C1=NN(c2ccccc2)C(=O)CC1)CC(C)C. The Labute approximate surface area is 165 Å². The fraction of sp³-hybridized carbons (Fsp3) is 0.500. The Morgan fingerprint density at radius 3 is 2.57 bits per heavy atom. The fourth-order valence-corrected chi connectivity index (χ4v) is 2.91. The highest BCUT2D eigenvalue weighted by atomic mass is 16.5. The lowest BCUT2D eigenvalue weighted by molar-refractivity contribution is -0.119. The minimum atomic E-state index is -0.502. The highest BCUT2D eigenvalue weighted by Gasteiger charge is 2.26. The Morgan fingerprint density at radius 2 is 1.93 bits per heavy atom. The number of amides is 3. The summed E-state index contributed by atoms with van der Waals surface area (Å²) in [6, 6.07) is 8.75. The standard InChI is InChI=1S/C20H28N4O4/c1-4-28-20(27)22-15(12-14(2)3)13-21-19(26)17-10-11-18(25)24(23-17)16-8-6-5-7-9-16/h5-9,14-15H,4,10-13H2,1-3H3,(H,21,26)(H,22,27)/t15-/m1/s1. The molecular weight excluding hydrogens is 360 g/mol. The zero-order chi connectivity index (χ0) is 20.5. The molecule has 1 aromatic rings. The Hall–Kier alpha value is -2.90. The normalized spacial score (nSPS) is 15.1. The third-order valence-corrected chi connectivity index (χ3v) is 4.16. The van der Waals surface area contributed by atoms with Gasteiger partial charge in [-0.15, -0.1) is 0 Å². The quantitative estimate of drug-likeness (QED) is 0.714. The first-order valence-corrected chi connectivity index (χ1v) is 9.57. The van der Waals surface area contributed by atoms with Crippen molar-refractivity contribution in [2.75, 3.05) is 18.2 Å². The van der Waals surface area contributed by atoms with E-state index in [-0.39, 0.29) is 43.8 Å². The summed E-state index contributed by atoms with van der Waals surface area (Å²) in [4.78, 5) is 36.4. The van der Waals surface area contributed by atoms with Crippen molar-refractivity contribution in [2.45, 2.75) is 46.1 Å². The molecule has 1 heterocycles. The molecule has 0 saturated heterocycles. The number of benzene rings is 1. The van der Waals surface area contributed by atoms with Gasteiger partial charge in [-0.05, 0) is 31.4 Å². The van der Waals surface area contributed by atoms with Crippen molar-refractivity contribution in [2.24, 2.45) is 11.0 Å². The maximum atomic E-state index is 12.6. The van der Waals surface area contributed by atoms with Crippen LogP contribution in [0.3, 0.4) is 0 Å². The number of rotatable bonds is 8. The van der Waals surface area contributed by atoms with Crippen LogP contribution in [0, 0.1) is 5.92 Å². The number of nitrogens with one attached hydrogen (secondary N) is 2. The summed E-state index contributed by atoms with van der Waals surface area (Å²) in [5, 5.41) is 11.1. The second-order valence-corrected chi connectivity index (χ2v) is 6.99. The van der Waals surface area contributed by atoms with Crippen LogP contribution in [0.15, 0.2) is 35.4 Å². The molecule has 1 atom stereocenters. The number of para-hydroxylation sites is 1. The van der Waals surface area contributed by atoms with Crippen LogP contribution >= 0.6 is 0 Å². The molecule has 0 fully saturated rings. The minimum absolute atomic E-state index is 0.149. The predicted molar refractivity (Wildman–Crippen MR) is 107 cm³/mol. The smallest absolute Gasteiger partial charge is 0.407 e. The number of hydrogen-bond acceptors (Lipinski definition) is 5. The van der Waals surface area contributed by atoms with Crippen LogP contribution in [0.25, 0.3) is 0 Å². The van der Waals surface area contributed by atoms with E-state index in [9.17, 15) is 14.4 Å². The number of carbonyl (C=O) groups excluding carboxylic acids is 3. The van der Waals surface area contributed by atoms with Gasteiger partial charge >= 0.3 is 6.09 Å². The van der Waals surface area contributed by atoms with Crippen molar-refractivity contribution in [1.29, 1.82) is 0 Å². The molecule has 28 heavy (non-hydrogen) atoms. The molecule has 2 N–H and O–H groups in total. The Morgan fingerprint density at radius 1 is 1.21 bits per heavy atom. The molecule has 152 valence electrons. The van der Waals surface area contributed by atoms with Crippen LogP contribution < -0.4 is 15.6 Å². The largest absolute Gasteiger partial charge is 0.450 e. The molecule has 1 aliphatic rings. The fourth-order valence-electron chi connectivity index (χ4n) is 2.91. The summed E-state index contributed by atoms with van der Waals surface area (Å²) < 4.78 is 4.92. The first kappa shape index (κ1) is 21.4. The van der Waals surface area contributed by atoms with Crippen LogP contribution in [0.4, 0.5) is 10.5 Å². The maximum Gasteiger partial charge on any atom is 0.407 e. The summed E-state index contributed by atoms with van der Waals surface area (Å²) in [5.74, 6) is -0.153. The summed E-state index contributed by atoms with van der Waals surface area (Å²) in [7, 11) is 0. The lowest BCUT2D eigenvalue weighted by Crippen LogP contribution is -2.47. The van der Waals surface area contributed by atoms with Gasteiger partial charge in [0.1, 0.15) is 5.71 Å². The highest BCUT2D eigenvalue weighted by Crippen LogP contribution is 2.19. The highest BCUT2D eigenvalue weighted by molar-refractivity contribution is 6.40. The van der Waals surface area contributed by atoms with Gasteiger partial charge in [0.15, 0.2) is 0 Å². The van der Waals surface area contributed by atoms with Crippen LogP contribution in [-0.2, 0) is 14.3 Å². The van der Waals surface area contributed by atoms with E-state index in [1.165, 1.54) is 5.01 Å². The van der Waals surface area contributed by atoms with Crippen molar-refractivity contribution in [3.63, 3.8) is 0 Å². The van der Waals surface area contributed by atoms with E-state index in [1.807, 2.05) is 32.0 Å². The van der Waals surface area contributed by atoms with Gasteiger partial charge in [-0.1, -0.05) is 32.0 Å². The molecule has 1 aromatic carbocycles. The number of hydrazone groups is 1. The van der Waals surface area contributed by atoms with Gasteiger partial charge in [0.2, 0.25) is 5.91 Å². The molecule has 0 unspecified atom stereocenters. The number of carbonyl (C=O) groups is 3. The van der Waals surface area contributed by atoms with Gasteiger partial charge in [-0.25, -0.2) is 9.80 Å². The van der Waals surface area contributed by atoms with Crippen LogP contribution in [0.2, 0.25) is 0 Å². The number of ether oxygens (including phenoxy) is 1. The lowest BCUT2D eigenvalue weighted by atomic mass is 10.0. The third kappa shape index (κ3) is 6.37. The van der Waals surface area contributed by atoms with E-state index in [4.69, 9.17) is 4.74 Å². The monoisotopic (exact) mass is 388 g/mol. The molecule has 2 rings (SSSR count). The Kier molecular flexibility index (Phi) is 7.98. The summed E-state index contributed by atoms with van der Waals surface area (Å²) in [5.41, 5.74) is 0.919. The first-order valence-electron chi connectivity index (χ1n) is 9.57. The van der Waals surface area contributed by atoms with Crippen molar-refractivity contribution in [3.05, 3.63) is 30.3 Å². The molecule has 0 spiro atoms. The third-order valence-electron chi connectivity index (χ3n) is 4.16. The van der Waals surface area contributed by atoms with Crippen LogP contribution in [0.5, 0.6) is 0 Å². The first-order chi connectivity index (χ1) is 13.4. The summed E-state index contributed by atoms with van der Waals surface area (Å²) >= 11 is 0. The zero-order valence-electron chi connectivity index (χ0n) is 16.6. The second kappa shape index (κ2) is 10.4. The van der Waals surface area contributed by atoms with Crippen LogP contribution in [-0.4, -0.2) is 42.8 Å². The molecule has 0 aliphatic carbocycles. The molecule has 0 bridgehead atoms. The molecule has 1 aliphatic heterocycles. The van der Waals surface area contributed by atoms with Gasteiger partial charge in [-0.3, -0.25) is 9.59 Å². The van der Waals surface area contributed by atoms with Crippen LogP contribution in [0.1, 0.15) is 40.0 Å². The molecule has 8 heteroatoms. The number of hydrogen-bond donors (Lipinski definition) is 2. The van der Waals surface area contributed by atoms with E-state index >= 15 is 0 Å². The van der Waals surface area contributed by atoms with Gasteiger partial charge in [0, 0.05) is 25.4 Å². The molecule has 0 aromatic heterocycles. The minimum Gasteiger partial charge on any atom is -0.450 e. The van der Waals surface area contributed by atoms with Gasteiger partial charge in [0.05, 0.1) is 12.3 Å². The van der Waals surface area contributed by atoms with E-state index < -0.39 is 6.09 Å². The van der Waals surface area contributed by atoms with E-state index in [0.717, 1.165) is 0 Å². The maximum absolute atomic E-state index is 12.6. The number of anilines is 1. The topological polar surface area (TPSA) is 100 Å². The molecule has 3 amide bonds. The molecule has 0 saturated carbocycles. The Balaban J connectivity index is 2.01. The number of alkyl carbamates (subject to hydrolysis) is 1. The summed E-state index contributed by atoms with van der Waals surface area (Å²) in [6.07, 6.45) is 0.699. The summed E-state index contributed by atoms with van der Waals surface area (Å²) in [6.45, 7) is 6.35. The van der Waals surface area contributed by atoms with E-state index in [0.29, 0.717) is 23.7 Å². The average Bonchev–Trinajstić information content (AvgIpc) is 2.66. The predicted octanol–water partition coefficient (Wildman–Crippen LogP) is 2.45. The lowest BCUT2D eigenvalue weighted by Gasteiger charge is -2.24. The molecule has 0 radical (unpaired) electrons. The van der Waals surface area contributed by atoms with Crippen molar-refractivity contribution >= 4 is 29.3 Å². The van der Waals surface area contributed by atoms with Crippen molar-refractivity contribution in [3.8, 4) is 0 Å². The average molecular weight is 388 g/mol. The van der Waals surface area contributed by atoms with Gasteiger partial charge in [-0.2, -0.15) is 5.10 Å². The number of nitrogens with zero attached hydrogens (tertiary/aromatic N) is 2. The van der Waals surface area contributed by atoms with E-state index in [2.05, 4.69) is 15.7 Å². The zero-order valence-corrected chi connectivity index (χ0v) is 16.6. The van der Waals surface area contributed by atoms with Gasteiger partial charge in [0.25, 0.3) is 5.91 Å². The second-order valence-electron chi connectivity index (χ2n) is 6.99.